The van der Waals surface area contributed by atoms with E-state index in [1.165, 1.54) is 0 Å². The molecular weight excluding hydrogens is 200 g/mol. The summed E-state index contributed by atoms with van der Waals surface area (Å²) in [6.45, 7) is 5.04. The van der Waals surface area contributed by atoms with E-state index in [1.54, 1.807) is 7.11 Å². The molecule has 1 atom stereocenters. The van der Waals surface area contributed by atoms with Crippen LogP contribution in [-0.4, -0.2) is 59.5 Å². The van der Waals surface area contributed by atoms with Crippen LogP contribution < -0.4 is 5.73 Å². The molecule has 4 nitrogen and oxygen atoms in total. The van der Waals surface area contributed by atoms with Gasteiger partial charge in [-0.3, -0.25) is 9.11 Å². The van der Waals surface area contributed by atoms with Crippen molar-refractivity contribution in [2.24, 2.45) is 5.73 Å². The molecule has 0 aromatic carbocycles. The van der Waals surface area contributed by atoms with Gasteiger partial charge in [-0.05, 0) is 6.92 Å². The molecule has 1 heterocycles. The third-order valence-corrected chi connectivity index (χ3v) is 4.11. The zero-order valence-electron chi connectivity index (χ0n) is 8.99. The van der Waals surface area contributed by atoms with Crippen molar-refractivity contribution in [3.8, 4) is 0 Å². The van der Waals surface area contributed by atoms with Crippen LogP contribution in [0.15, 0.2) is 0 Å². The van der Waals surface area contributed by atoms with Gasteiger partial charge in [-0.2, -0.15) is 0 Å². The summed E-state index contributed by atoms with van der Waals surface area (Å²) in [6.07, 6.45) is 0. The largest absolute Gasteiger partial charge is 0.383 e. The summed E-state index contributed by atoms with van der Waals surface area (Å²) in [4.78, 5) is 2.29. The van der Waals surface area contributed by atoms with Crippen LogP contribution in [0, 0.1) is 0 Å². The molecule has 1 saturated heterocycles. The number of nitrogens with zero attached hydrogens (tertiary/aromatic N) is 1. The first-order valence-electron chi connectivity index (χ1n) is 4.91. The van der Waals surface area contributed by atoms with Crippen LogP contribution in [0.1, 0.15) is 6.92 Å². The molecule has 84 valence electrons. The maximum Gasteiger partial charge on any atom is 0.0656 e. The average Bonchev–Trinajstić information content (AvgIpc) is 2.19. The van der Waals surface area contributed by atoms with E-state index in [1.807, 2.05) is 0 Å². The first kappa shape index (κ1) is 12.1. The predicted molar refractivity (Wildman–Crippen MR) is 58.8 cm³/mol. The van der Waals surface area contributed by atoms with E-state index in [9.17, 15) is 4.21 Å². The first-order chi connectivity index (χ1) is 6.62. The molecular formula is C9H20N2O2S. The third-order valence-electron chi connectivity index (χ3n) is 2.84. The minimum absolute atomic E-state index is 0.0978. The summed E-state index contributed by atoms with van der Waals surface area (Å²) in [5.41, 5.74) is 5.66. The summed E-state index contributed by atoms with van der Waals surface area (Å²) < 4.78 is 16.4. The molecule has 0 aromatic heterocycles. The van der Waals surface area contributed by atoms with Gasteiger partial charge in [0.15, 0.2) is 0 Å². The monoisotopic (exact) mass is 220 g/mol. The van der Waals surface area contributed by atoms with Gasteiger partial charge in [0.1, 0.15) is 0 Å². The summed E-state index contributed by atoms with van der Waals surface area (Å²) in [6, 6.07) is 0. The summed E-state index contributed by atoms with van der Waals surface area (Å²) >= 11 is 0. The van der Waals surface area contributed by atoms with Crippen LogP contribution in [0.3, 0.4) is 0 Å². The van der Waals surface area contributed by atoms with Gasteiger partial charge in [0.05, 0.1) is 12.1 Å². The fourth-order valence-electron chi connectivity index (χ4n) is 1.77. The maximum absolute atomic E-state index is 11.2. The van der Waals surface area contributed by atoms with E-state index in [0.29, 0.717) is 13.2 Å². The molecule has 0 radical (unpaired) electrons. The molecule has 1 aliphatic rings. The Morgan fingerprint density at radius 1 is 1.50 bits per heavy atom. The van der Waals surface area contributed by atoms with E-state index in [-0.39, 0.29) is 5.54 Å². The second kappa shape index (κ2) is 5.21. The summed E-state index contributed by atoms with van der Waals surface area (Å²) in [5, 5.41) is 0. The molecule has 0 aliphatic carbocycles. The van der Waals surface area contributed by atoms with Crippen molar-refractivity contribution in [1.29, 1.82) is 0 Å². The highest BCUT2D eigenvalue weighted by molar-refractivity contribution is 7.85. The molecule has 5 heteroatoms. The lowest BCUT2D eigenvalue weighted by Crippen LogP contribution is -2.58. The highest BCUT2D eigenvalue weighted by atomic mass is 32.2. The molecule has 0 aromatic rings. The Kier molecular flexibility index (Phi) is 4.50. The summed E-state index contributed by atoms with van der Waals surface area (Å²) in [7, 11) is 1.07. The molecule has 1 aliphatic heterocycles. The fourth-order valence-corrected chi connectivity index (χ4v) is 2.82. The zero-order chi connectivity index (χ0) is 10.6. The highest BCUT2D eigenvalue weighted by Crippen LogP contribution is 2.16. The zero-order valence-corrected chi connectivity index (χ0v) is 9.81. The topological polar surface area (TPSA) is 55.6 Å². The highest BCUT2D eigenvalue weighted by Gasteiger charge is 2.32. The minimum atomic E-state index is -0.625. The number of rotatable bonds is 4. The van der Waals surface area contributed by atoms with Gasteiger partial charge in [0, 0.05) is 49.0 Å². The van der Waals surface area contributed by atoms with Crippen LogP contribution in [0.4, 0.5) is 0 Å². The van der Waals surface area contributed by atoms with Crippen molar-refractivity contribution in [2.45, 2.75) is 12.5 Å². The van der Waals surface area contributed by atoms with Gasteiger partial charge in [0.2, 0.25) is 0 Å². The fraction of sp³-hybridized carbons (Fsp3) is 1.00. The molecule has 0 saturated carbocycles. The Bertz CT molecular complexity index is 203. The SMILES string of the molecule is COCC(C)(CN)N1CCS(=O)CC1. The quantitative estimate of drug-likeness (QED) is 0.688. The van der Waals surface area contributed by atoms with Gasteiger partial charge in [0.25, 0.3) is 0 Å². The lowest BCUT2D eigenvalue weighted by molar-refractivity contribution is 0.0328. The Hall–Kier alpha value is 0.0300. The van der Waals surface area contributed by atoms with Gasteiger partial charge in [-0.25, -0.2) is 0 Å². The molecule has 1 rings (SSSR count). The number of methoxy groups -OCH3 is 1. The van der Waals surface area contributed by atoms with E-state index in [2.05, 4.69) is 11.8 Å². The molecule has 2 N–H and O–H groups in total. The van der Waals surface area contributed by atoms with Crippen LogP contribution in [0.25, 0.3) is 0 Å². The standard InChI is InChI=1S/C9H20N2O2S/c1-9(7-10,8-13-2)11-3-5-14(12)6-4-11/h3-8,10H2,1-2H3. The summed E-state index contributed by atoms with van der Waals surface area (Å²) in [5.74, 6) is 1.53. The van der Waals surface area contributed by atoms with Crippen molar-refractivity contribution in [1.82, 2.24) is 4.90 Å². The van der Waals surface area contributed by atoms with Crippen LogP contribution in [0.5, 0.6) is 0 Å². The first-order valence-corrected chi connectivity index (χ1v) is 6.40. The second-order valence-electron chi connectivity index (χ2n) is 3.97. The van der Waals surface area contributed by atoms with Crippen molar-refractivity contribution in [3.05, 3.63) is 0 Å². The molecule has 1 fully saturated rings. The van der Waals surface area contributed by atoms with Crippen molar-refractivity contribution < 1.29 is 8.95 Å². The van der Waals surface area contributed by atoms with E-state index < -0.39 is 10.8 Å². The van der Waals surface area contributed by atoms with Crippen molar-refractivity contribution in [2.75, 3.05) is 44.9 Å². The van der Waals surface area contributed by atoms with E-state index in [0.717, 1.165) is 24.6 Å². The van der Waals surface area contributed by atoms with Gasteiger partial charge in [-0.1, -0.05) is 0 Å². The third kappa shape index (κ3) is 2.76. The normalized spacial score (nSPS) is 24.8. The minimum Gasteiger partial charge on any atom is -0.383 e. The van der Waals surface area contributed by atoms with Gasteiger partial charge < -0.3 is 10.5 Å². The van der Waals surface area contributed by atoms with E-state index >= 15 is 0 Å². The number of nitrogens with two attached hydrogens (primary N) is 1. The smallest absolute Gasteiger partial charge is 0.0656 e. The predicted octanol–water partition coefficient (Wildman–Crippen LogP) is -0.585. The molecule has 0 spiro atoms. The molecule has 14 heavy (non-hydrogen) atoms. The Labute approximate surface area is 88.2 Å². The Morgan fingerprint density at radius 2 is 2.07 bits per heavy atom. The lowest BCUT2D eigenvalue weighted by Gasteiger charge is -2.41. The van der Waals surface area contributed by atoms with Crippen LogP contribution >= 0.6 is 0 Å². The lowest BCUT2D eigenvalue weighted by atomic mass is 10.0. The van der Waals surface area contributed by atoms with Gasteiger partial charge in [-0.15, -0.1) is 0 Å². The van der Waals surface area contributed by atoms with Crippen LogP contribution in [0.2, 0.25) is 0 Å². The average molecular weight is 220 g/mol. The Morgan fingerprint density at radius 3 is 2.50 bits per heavy atom. The maximum atomic E-state index is 11.2. The van der Waals surface area contributed by atoms with Crippen molar-refractivity contribution >= 4 is 10.8 Å². The van der Waals surface area contributed by atoms with E-state index in [4.69, 9.17) is 10.5 Å². The molecule has 0 bridgehead atoms. The number of ether oxygens (including phenoxy) is 1. The van der Waals surface area contributed by atoms with Gasteiger partial charge >= 0.3 is 0 Å². The Balaban J connectivity index is 2.56. The molecule has 0 amide bonds. The number of hydrogen-bond donors (Lipinski definition) is 1. The second-order valence-corrected chi connectivity index (χ2v) is 5.67. The number of hydrogen-bond acceptors (Lipinski definition) is 4. The van der Waals surface area contributed by atoms with Crippen molar-refractivity contribution in [3.63, 3.8) is 0 Å². The van der Waals surface area contributed by atoms with Crippen LogP contribution in [-0.2, 0) is 15.5 Å². The molecule has 1 unspecified atom stereocenters.